The van der Waals surface area contributed by atoms with Crippen LogP contribution < -0.4 is 10.1 Å². The number of hydrogen-bond donors (Lipinski definition) is 3. The maximum absolute atomic E-state index is 12.0. The number of carbonyl (C=O) groups is 2. The van der Waals surface area contributed by atoms with Gasteiger partial charge in [-0.05, 0) is 31.0 Å². The van der Waals surface area contributed by atoms with Crippen molar-refractivity contribution in [3.8, 4) is 11.5 Å². The number of aliphatic carboxylic acids is 1. The lowest BCUT2D eigenvalue weighted by molar-refractivity contribution is -0.142. The molecule has 0 fully saturated rings. The van der Waals surface area contributed by atoms with Crippen molar-refractivity contribution in [2.75, 3.05) is 13.7 Å². The summed E-state index contributed by atoms with van der Waals surface area (Å²) < 4.78 is 4.95. The summed E-state index contributed by atoms with van der Waals surface area (Å²) in [4.78, 5) is 23.1. The molecule has 0 aliphatic heterocycles. The van der Waals surface area contributed by atoms with Gasteiger partial charge in [-0.3, -0.25) is 9.59 Å². The van der Waals surface area contributed by atoms with Gasteiger partial charge in [-0.15, -0.1) is 0 Å². The van der Waals surface area contributed by atoms with Gasteiger partial charge < -0.3 is 20.3 Å². The van der Waals surface area contributed by atoms with E-state index >= 15 is 0 Å². The second-order valence-corrected chi connectivity index (χ2v) is 5.11. The first-order chi connectivity index (χ1) is 10.5. The van der Waals surface area contributed by atoms with E-state index in [1.807, 2.05) is 6.92 Å². The van der Waals surface area contributed by atoms with E-state index in [1.54, 1.807) is 0 Å². The van der Waals surface area contributed by atoms with Crippen molar-refractivity contribution in [1.29, 1.82) is 0 Å². The summed E-state index contributed by atoms with van der Waals surface area (Å²) >= 11 is 0. The fraction of sp³-hybridized carbons (Fsp3) is 0.500. The highest BCUT2D eigenvalue weighted by molar-refractivity contribution is 5.94. The van der Waals surface area contributed by atoms with E-state index < -0.39 is 11.9 Å². The molecule has 0 aliphatic rings. The fourth-order valence-corrected chi connectivity index (χ4v) is 2.12. The lowest BCUT2D eigenvalue weighted by atomic mass is 9.99. The van der Waals surface area contributed by atoms with Gasteiger partial charge in [0.15, 0.2) is 11.5 Å². The van der Waals surface area contributed by atoms with E-state index in [0.29, 0.717) is 24.9 Å². The number of amides is 1. The molecule has 0 aliphatic carbocycles. The average molecular weight is 309 g/mol. The number of benzene rings is 1. The van der Waals surface area contributed by atoms with Crippen LogP contribution in [-0.4, -0.2) is 35.7 Å². The molecule has 6 heteroatoms. The molecule has 0 spiro atoms. The molecule has 122 valence electrons. The van der Waals surface area contributed by atoms with Crippen LogP contribution in [-0.2, 0) is 4.79 Å². The third kappa shape index (κ3) is 5.27. The van der Waals surface area contributed by atoms with E-state index in [0.717, 1.165) is 12.8 Å². The third-order valence-electron chi connectivity index (χ3n) is 3.48. The predicted octanol–water partition coefficient (Wildman–Crippen LogP) is 2.41. The molecule has 6 nitrogen and oxygen atoms in total. The first kappa shape index (κ1) is 17.8. The Labute approximate surface area is 130 Å². The fourth-order valence-electron chi connectivity index (χ4n) is 2.12. The third-order valence-corrected chi connectivity index (χ3v) is 3.48. The Bertz CT molecular complexity index is 515. The van der Waals surface area contributed by atoms with Crippen molar-refractivity contribution in [3.63, 3.8) is 0 Å². The largest absolute Gasteiger partial charge is 0.504 e. The lowest BCUT2D eigenvalue weighted by Crippen LogP contribution is -2.27. The number of unbranched alkanes of at least 4 members (excludes halogenated alkanes) is 1. The Kier molecular flexibility index (Phi) is 7.22. The van der Waals surface area contributed by atoms with Gasteiger partial charge in [0, 0.05) is 12.1 Å². The van der Waals surface area contributed by atoms with Gasteiger partial charge >= 0.3 is 5.97 Å². The Morgan fingerprint density at radius 3 is 2.64 bits per heavy atom. The minimum atomic E-state index is -0.825. The highest BCUT2D eigenvalue weighted by atomic mass is 16.5. The quantitative estimate of drug-likeness (QED) is 0.651. The van der Waals surface area contributed by atoms with Crippen molar-refractivity contribution in [3.05, 3.63) is 23.8 Å². The first-order valence-electron chi connectivity index (χ1n) is 7.37. The molecule has 1 amide bonds. The Hall–Kier alpha value is -2.24. The average Bonchev–Trinajstić information content (AvgIpc) is 2.50. The van der Waals surface area contributed by atoms with Crippen molar-refractivity contribution < 1.29 is 24.5 Å². The van der Waals surface area contributed by atoms with Crippen LogP contribution in [0.5, 0.6) is 11.5 Å². The summed E-state index contributed by atoms with van der Waals surface area (Å²) in [5.41, 5.74) is 0.357. The van der Waals surface area contributed by atoms with E-state index in [1.165, 1.54) is 25.3 Å². The molecule has 0 bridgehead atoms. The number of nitrogens with one attached hydrogen (secondary N) is 1. The van der Waals surface area contributed by atoms with Crippen molar-refractivity contribution in [1.82, 2.24) is 5.32 Å². The SMILES string of the molecule is CCCCC(CCNC(=O)c1ccc(O)c(OC)c1)C(=O)O. The topological polar surface area (TPSA) is 95.9 Å². The summed E-state index contributed by atoms with van der Waals surface area (Å²) in [6, 6.07) is 4.31. The van der Waals surface area contributed by atoms with Crippen LogP contribution in [0.3, 0.4) is 0 Å². The second-order valence-electron chi connectivity index (χ2n) is 5.11. The summed E-state index contributed by atoms with van der Waals surface area (Å²) in [5.74, 6) is -1.40. The molecule has 1 atom stereocenters. The summed E-state index contributed by atoms with van der Waals surface area (Å²) in [6.45, 7) is 2.31. The smallest absolute Gasteiger partial charge is 0.306 e. The van der Waals surface area contributed by atoms with E-state index in [2.05, 4.69) is 5.32 Å². The van der Waals surface area contributed by atoms with Crippen LogP contribution in [0.25, 0.3) is 0 Å². The molecular weight excluding hydrogens is 286 g/mol. The van der Waals surface area contributed by atoms with Gasteiger partial charge in [0.25, 0.3) is 5.91 Å². The van der Waals surface area contributed by atoms with Gasteiger partial charge in [-0.25, -0.2) is 0 Å². The maximum Gasteiger partial charge on any atom is 0.306 e. The summed E-state index contributed by atoms with van der Waals surface area (Å²) in [7, 11) is 1.40. The number of hydrogen-bond acceptors (Lipinski definition) is 4. The Morgan fingerprint density at radius 1 is 1.32 bits per heavy atom. The molecule has 1 unspecified atom stereocenters. The summed E-state index contributed by atoms with van der Waals surface area (Å²) in [6.07, 6.45) is 2.83. The van der Waals surface area contributed by atoms with Crippen LogP contribution in [0.1, 0.15) is 43.0 Å². The zero-order valence-corrected chi connectivity index (χ0v) is 13.0. The van der Waals surface area contributed by atoms with Crippen LogP contribution in [0.4, 0.5) is 0 Å². The van der Waals surface area contributed by atoms with Crippen LogP contribution >= 0.6 is 0 Å². The molecule has 22 heavy (non-hydrogen) atoms. The lowest BCUT2D eigenvalue weighted by Gasteiger charge is -2.12. The van der Waals surface area contributed by atoms with Crippen LogP contribution in [0.2, 0.25) is 0 Å². The maximum atomic E-state index is 12.0. The van der Waals surface area contributed by atoms with Crippen LogP contribution in [0.15, 0.2) is 18.2 Å². The number of phenolic OH excluding ortho intramolecular Hbond substituents is 1. The van der Waals surface area contributed by atoms with Crippen molar-refractivity contribution in [2.24, 2.45) is 5.92 Å². The molecule has 0 saturated carbocycles. The second kappa shape index (κ2) is 8.92. The zero-order valence-electron chi connectivity index (χ0n) is 13.0. The molecular formula is C16H23NO5. The molecule has 0 saturated heterocycles. The molecule has 0 radical (unpaired) electrons. The standard InChI is InChI=1S/C16H23NO5/c1-3-4-5-11(16(20)21)8-9-17-15(19)12-6-7-13(18)14(10-12)22-2/h6-7,10-11,18H,3-5,8-9H2,1-2H3,(H,17,19)(H,20,21). The van der Waals surface area contributed by atoms with E-state index in [9.17, 15) is 14.7 Å². The number of rotatable bonds is 9. The minimum Gasteiger partial charge on any atom is -0.504 e. The highest BCUT2D eigenvalue weighted by Gasteiger charge is 2.17. The number of phenols is 1. The number of carbonyl (C=O) groups excluding carboxylic acids is 1. The molecule has 1 aromatic carbocycles. The number of carboxylic acid groups (broad SMARTS) is 1. The van der Waals surface area contributed by atoms with E-state index in [4.69, 9.17) is 9.84 Å². The Morgan fingerprint density at radius 2 is 2.05 bits per heavy atom. The number of aromatic hydroxyl groups is 1. The van der Waals surface area contributed by atoms with Gasteiger partial charge in [0.2, 0.25) is 0 Å². The Balaban J connectivity index is 2.53. The van der Waals surface area contributed by atoms with E-state index in [-0.39, 0.29) is 17.4 Å². The van der Waals surface area contributed by atoms with Crippen molar-refractivity contribution in [2.45, 2.75) is 32.6 Å². The number of carboxylic acids is 1. The molecule has 0 heterocycles. The normalized spacial score (nSPS) is 11.7. The summed E-state index contributed by atoms with van der Waals surface area (Å²) in [5, 5.41) is 21.3. The van der Waals surface area contributed by atoms with Gasteiger partial charge in [0.1, 0.15) is 0 Å². The number of methoxy groups -OCH3 is 1. The molecule has 1 rings (SSSR count). The number of ether oxygens (including phenoxy) is 1. The van der Waals surface area contributed by atoms with Crippen LogP contribution in [0, 0.1) is 5.92 Å². The molecule has 3 N–H and O–H groups in total. The predicted molar refractivity (Wildman–Crippen MR) is 82.3 cm³/mol. The van der Waals surface area contributed by atoms with Gasteiger partial charge in [0.05, 0.1) is 13.0 Å². The van der Waals surface area contributed by atoms with Gasteiger partial charge in [-0.2, -0.15) is 0 Å². The molecule has 1 aromatic rings. The monoisotopic (exact) mass is 309 g/mol. The van der Waals surface area contributed by atoms with Gasteiger partial charge in [-0.1, -0.05) is 19.8 Å². The molecule has 0 aromatic heterocycles. The minimum absolute atomic E-state index is 0.0374. The van der Waals surface area contributed by atoms with Crippen molar-refractivity contribution >= 4 is 11.9 Å². The first-order valence-corrected chi connectivity index (χ1v) is 7.37. The zero-order chi connectivity index (χ0) is 16.5. The highest BCUT2D eigenvalue weighted by Crippen LogP contribution is 2.26.